The van der Waals surface area contributed by atoms with E-state index < -0.39 is 11.9 Å². The molecular weight excluding hydrogens is 372 g/mol. The van der Waals surface area contributed by atoms with Gasteiger partial charge in [-0.3, -0.25) is 0 Å². The van der Waals surface area contributed by atoms with E-state index in [9.17, 15) is 9.59 Å². The number of hydrogen-bond acceptors (Lipinski definition) is 6. The molecule has 0 radical (unpaired) electrons. The number of carbonyl (C=O) groups excluding carboxylic acids is 2. The van der Waals surface area contributed by atoms with E-state index >= 15 is 0 Å². The summed E-state index contributed by atoms with van der Waals surface area (Å²) < 4.78 is 21.0. The van der Waals surface area contributed by atoms with Crippen LogP contribution in [0.5, 0.6) is 17.2 Å². The highest BCUT2D eigenvalue weighted by molar-refractivity contribution is 5.90. The Bertz CT molecular complexity index is 839. The van der Waals surface area contributed by atoms with E-state index in [1.165, 1.54) is 37.5 Å². The van der Waals surface area contributed by atoms with Crippen molar-refractivity contribution in [2.24, 2.45) is 0 Å². The molecular formula is C23H26O6. The standard InChI is InChI=1S/C23H26O6/c1-4-5-6-15-28-20-13-7-17(16-21(20)26-2)8-14-22(24)29-19-11-9-18(10-12-19)23(25)27-3/h7-14,16H,4-6,15H2,1-3H3/b14-8+. The van der Waals surface area contributed by atoms with Crippen LogP contribution in [0.2, 0.25) is 0 Å². The molecule has 0 heterocycles. The largest absolute Gasteiger partial charge is 0.493 e. The molecule has 0 aliphatic carbocycles. The fourth-order valence-corrected chi connectivity index (χ4v) is 2.53. The molecule has 2 rings (SSSR count). The van der Waals surface area contributed by atoms with Crippen molar-refractivity contribution in [2.45, 2.75) is 26.2 Å². The lowest BCUT2D eigenvalue weighted by molar-refractivity contribution is -0.128. The number of carbonyl (C=O) groups is 2. The smallest absolute Gasteiger partial charge is 0.337 e. The van der Waals surface area contributed by atoms with Gasteiger partial charge in [-0.05, 0) is 54.5 Å². The van der Waals surface area contributed by atoms with Gasteiger partial charge in [-0.25, -0.2) is 9.59 Å². The van der Waals surface area contributed by atoms with Crippen molar-refractivity contribution in [2.75, 3.05) is 20.8 Å². The van der Waals surface area contributed by atoms with E-state index in [-0.39, 0.29) is 0 Å². The molecule has 2 aromatic carbocycles. The average molecular weight is 398 g/mol. The van der Waals surface area contributed by atoms with Gasteiger partial charge in [0.05, 0.1) is 26.4 Å². The topological polar surface area (TPSA) is 71.1 Å². The minimum Gasteiger partial charge on any atom is -0.493 e. The van der Waals surface area contributed by atoms with Crippen LogP contribution in [0.15, 0.2) is 48.5 Å². The van der Waals surface area contributed by atoms with Crippen LogP contribution in [0.4, 0.5) is 0 Å². The number of rotatable bonds is 10. The van der Waals surface area contributed by atoms with Crippen LogP contribution in [0.25, 0.3) is 6.08 Å². The maximum Gasteiger partial charge on any atom is 0.337 e. The Morgan fingerprint density at radius 1 is 0.966 bits per heavy atom. The first-order chi connectivity index (χ1) is 14.1. The Balaban J connectivity index is 1.95. The van der Waals surface area contributed by atoms with Crippen LogP contribution >= 0.6 is 0 Å². The van der Waals surface area contributed by atoms with E-state index in [0.29, 0.717) is 29.4 Å². The van der Waals surface area contributed by atoms with Gasteiger partial charge >= 0.3 is 11.9 Å². The van der Waals surface area contributed by atoms with E-state index in [4.69, 9.17) is 14.2 Å². The molecule has 6 nitrogen and oxygen atoms in total. The van der Waals surface area contributed by atoms with Gasteiger partial charge in [0.15, 0.2) is 11.5 Å². The normalized spacial score (nSPS) is 10.6. The van der Waals surface area contributed by atoms with Gasteiger partial charge in [-0.15, -0.1) is 0 Å². The predicted molar refractivity (Wildman–Crippen MR) is 110 cm³/mol. The van der Waals surface area contributed by atoms with Crippen molar-refractivity contribution in [1.82, 2.24) is 0 Å². The van der Waals surface area contributed by atoms with Gasteiger partial charge in [0.1, 0.15) is 5.75 Å². The van der Waals surface area contributed by atoms with Crippen LogP contribution in [-0.4, -0.2) is 32.8 Å². The Hall–Kier alpha value is -3.28. The summed E-state index contributed by atoms with van der Waals surface area (Å²) >= 11 is 0. The molecule has 2 aromatic rings. The average Bonchev–Trinajstić information content (AvgIpc) is 2.75. The zero-order valence-corrected chi connectivity index (χ0v) is 17.0. The van der Waals surface area contributed by atoms with Crippen LogP contribution in [0.1, 0.15) is 42.1 Å². The highest BCUT2D eigenvalue weighted by Crippen LogP contribution is 2.28. The maximum absolute atomic E-state index is 12.0. The second-order valence-electron chi connectivity index (χ2n) is 6.24. The SMILES string of the molecule is CCCCCOc1ccc(/C=C/C(=O)Oc2ccc(C(=O)OC)cc2)cc1OC. The minimum atomic E-state index is -0.533. The third kappa shape index (κ3) is 6.99. The molecule has 0 spiro atoms. The van der Waals surface area contributed by atoms with Gasteiger partial charge in [-0.1, -0.05) is 25.8 Å². The predicted octanol–water partition coefficient (Wildman–Crippen LogP) is 4.67. The molecule has 0 unspecified atom stereocenters. The molecule has 0 N–H and O–H groups in total. The van der Waals surface area contributed by atoms with Crippen molar-refractivity contribution in [3.8, 4) is 17.2 Å². The molecule has 0 aliphatic heterocycles. The second kappa shape index (κ2) is 11.5. The zero-order chi connectivity index (χ0) is 21.1. The Morgan fingerprint density at radius 3 is 2.38 bits per heavy atom. The lowest BCUT2D eigenvalue weighted by atomic mass is 10.2. The number of methoxy groups -OCH3 is 2. The highest BCUT2D eigenvalue weighted by atomic mass is 16.5. The van der Waals surface area contributed by atoms with Crippen molar-refractivity contribution in [3.05, 3.63) is 59.7 Å². The number of ether oxygens (including phenoxy) is 4. The van der Waals surface area contributed by atoms with Gasteiger partial charge < -0.3 is 18.9 Å². The van der Waals surface area contributed by atoms with Crippen molar-refractivity contribution >= 4 is 18.0 Å². The molecule has 0 saturated carbocycles. The summed E-state index contributed by atoms with van der Waals surface area (Å²) in [4.78, 5) is 23.4. The fraction of sp³-hybridized carbons (Fsp3) is 0.304. The summed E-state index contributed by atoms with van der Waals surface area (Å²) in [5.41, 5.74) is 1.16. The molecule has 154 valence electrons. The van der Waals surface area contributed by atoms with Crippen molar-refractivity contribution in [3.63, 3.8) is 0 Å². The summed E-state index contributed by atoms with van der Waals surface area (Å²) in [5.74, 6) is 0.634. The van der Waals surface area contributed by atoms with Gasteiger partial charge in [0.25, 0.3) is 0 Å². The quantitative estimate of drug-likeness (QED) is 0.251. The van der Waals surface area contributed by atoms with E-state index in [1.807, 2.05) is 12.1 Å². The molecule has 0 fully saturated rings. The Labute approximate surface area is 171 Å². The van der Waals surface area contributed by atoms with Gasteiger partial charge in [0, 0.05) is 6.08 Å². The first-order valence-corrected chi connectivity index (χ1v) is 9.46. The molecule has 0 aliphatic rings. The van der Waals surface area contributed by atoms with Crippen molar-refractivity contribution in [1.29, 1.82) is 0 Å². The minimum absolute atomic E-state index is 0.334. The lowest BCUT2D eigenvalue weighted by Crippen LogP contribution is -2.05. The lowest BCUT2D eigenvalue weighted by Gasteiger charge is -2.11. The molecule has 29 heavy (non-hydrogen) atoms. The van der Waals surface area contributed by atoms with Crippen LogP contribution in [0, 0.1) is 0 Å². The second-order valence-corrected chi connectivity index (χ2v) is 6.24. The monoisotopic (exact) mass is 398 g/mol. The number of unbranched alkanes of at least 4 members (excludes halogenated alkanes) is 2. The Morgan fingerprint density at radius 2 is 1.72 bits per heavy atom. The molecule has 0 saturated heterocycles. The number of esters is 2. The van der Waals surface area contributed by atoms with Crippen LogP contribution in [0.3, 0.4) is 0 Å². The summed E-state index contributed by atoms with van der Waals surface area (Å²) in [6.07, 6.45) is 6.21. The van der Waals surface area contributed by atoms with E-state index in [2.05, 4.69) is 11.7 Å². The third-order valence-corrected chi connectivity index (χ3v) is 4.10. The molecule has 0 amide bonds. The fourth-order valence-electron chi connectivity index (χ4n) is 2.53. The number of benzene rings is 2. The van der Waals surface area contributed by atoms with Gasteiger partial charge in [-0.2, -0.15) is 0 Å². The van der Waals surface area contributed by atoms with Gasteiger partial charge in [0.2, 0.25) is 0 Å². The molecule has 0 aromatic heterocycles. The molecule has 6 heteroatoms. The maximum atomic E-state index is 12.0. The molecule has 0 bridgehead atoms. The summed E-state index contributed by atoms with van der Waals surface area (Å²) in [5, 5.41) is 0. The van der Waals surface area contributed by atoms with E-state index in [0.717, 1.165) is 24.8 Å². The number of hydrogen-bond donors (Lipinski definition) is 0. The first kappa shape index (κ1) is 22.0. The first-order valence-electron chi connectivity index (χ1n) is 9.46. The summed E-state index contributed by atoms with van der Waals surface area (Å²) in [6, 6.07) is 11.6. The van der Waals surface area contributed by atoms with E-state index in [1.54, 1.807) is 19.3 Å². The van der Waals surface area contributed by atoms with Crippen LogP contribution in [-0.2, 0) is 9.53 Å². The van der Waals surface area contributed by atoms with Crippen LogP contribution < -0.4 is 14.2 Å². The van der Waals surface area contributed by atoms with Crippen molar-refractivity contribution < 1.29 is 28.5 Å². The zero-order valence-electron chi connectivity index (χ0n) is 17.0. The summed E-state index contributed by atoms with van der Waals surface area (Å²) in [6.45, 7) is 2.78. The summed E-state index contributed by atoms with van der Waals surface area (Å²) in [7, 11) is 2.88. The highest BCUT2D eigenvalue weighted by Gasteiger charge is 2.07. The molecule has 0 atom stereocenters. The Kier molecular flexibility index (Phi) is 8.76. The third-order valence-electron chi connectivity index (χ3n) is 4.10.